The zero-order chi connectivity index (χ0) is 13.1. The molecule has 0 aliphatic rings. The summed E-state index contributed by atoms with van der Waals surface area (Å²) in [6.07, 6.45) is -0.819. The first kappa shape index (κ1) is 12.5. The Morgan fingerprint density at radius 3 is 2.83 bits per heavy atom. The van der Waals surface area contributed by atoms with Crippen molar-refractivity contribution in [2.24, 2.45) is 0 Å². The van der Waals surface area contributed by atoms with E-state index in [0.717, 1.165) is 0 Å². The summed E-state index contributed by atoms with van der Waals surface area (Å²) >= 11 is 0. The molecule has 0 bridgehead atoms. The molecule has 5 nitrogen and oxygen atoms in total. The lowest BCUT2D eigenvalue weighted by molar-refractivity contribution is 0.186. The Labute approximate surface area is 103 Å². The minimum atomic E-state index is -0.819. The third-order valence-corrected chi connectivity index (χ3v) is 2.34. The Balaban J connectivity index is 2.13. The molecule has 1 unspecified atom stereocenters. The van der Waals surface area contributed by atoms with Gasteiger partial charge in [0.05, 0.1) is 6.10 Å². The number of nitrogens with zero attached hydrogens (tertiary/aromatic N) is 2. The molecule has 1 aromatic carbocycles. The van der Waals surface area contributed by atoms with Gasteiger partial charge in [0.1, 0.15) is 11.6 Å². The second-order valence-corrected chi connectivity index (χ2v) is 3.86. The summed E-state index contributed by atoms with van der Waals surface area (Å²) in [6, 6.07) is 3.96. The standard InChI is InChI=1S/C12H13FN2O3/c1-7(16)10-5-9(13)3-4-11(10)17-6-12-15-14-8(2)18-12/h3-5,7,16H,6H2,1-2H3. The van der Waals surface area contributed by atoms with Gasteiger partial charge in [-0.05, 0) is 25.1 Å². The highest BCUT2D eigenvalue weighted by Crippen LogP contribution is 2.26. The number of aliphatic hydroxyl groups is 1. The Morgan fingerprint density at radius 2 is 2.22 bits per heavy atom. The number of aryl methyl sites for hydroxylation is 1. The maximum Gasteiger partial charge on any atom is 0.253 e. The van der Waals surface area contributed by atoms with Gasteiger partial charge in [-0.1, -0.05) is 0 Å². The fourth-order valence-electron chi connectivity index (χ4n) is 1.51. The third-order valence-electron chi connectivity index (χ3n) is 2.34. The van der Waals surface area contributed by atoms with Crippen molar-refractivity contribution in [3.8, 4) is 5.75 Å². The van der Waals surface area contributed by atoms with Crippen LogP contribution in [0.3, 0.4) is 0 Å². The quantitative estimate of drug-likeness (QED) is 0.902. The SMILES string of the molecule is Cc1nnc(COc2ccc(F)cc2C(C)O)o1. The smallest absolute Gasteiger partial charge is 0.253 e. The fraction of sp³-hybridized carbons (Fsp3) is 0.333. The number of aliphatic hydroxyl groups excluding tert-OH is 1. The molecule has 0 spiro atoms. The van der Waals surface area contributed by atoms with Gasteiger partial charge in [-0.3, -0.25) is 0 Å². The van der Waals surface area contributed by atoms with Crippen LogP contribution in [0.15, 0.2) is 22.6 Å². The van der Waals surface area contributed by atoms with E-state index >= 15 is 0 Å². The number of aromatic nitrogens is 2. The summed E-state index contributed by atoms with van der Waals surface area (Å²) in [5, 5.41) is 17.0. The minimum Gasteiger partial charge on any atom is -0.483 e. The van der Waals surface area contributed by atoms with Crippen molar-refractivity contribution >= 4 is 0 Å². The largest absolute Gasteiger partial charge is 0.483 e. The Morgan fingerprint density at radius 1 is 1.44 bits per heavy atom. The summed E-state index contributed by atoms with van der Waals surface area (Å²) in [6.45, 7) is 3.29. The van der Waals surface area contributed by atoms with E-state index < -0.39 is 11.9 Å². The Bertz CT molecular complexity index is 540. The first-order chi connectivity index (χ1) is 8.56. The molecular weight excluding hydrogens is 239 g/mol. The molecule has 1 N–H and O–H groups in total. The lowest BCUT2D eigenvalue weighted by atomic mass is 10.1. The molecule has 2 rings (SSSR count). The van der Waals surface area contributed by atoms with E-state index in [-0.39, 0.29) is 6.61 Å². The molecule has 0 saturated carbocycles. The fourth-order valence-corrected chi connectivity index (χ4v) is 1.51. The molecule has 0 saturated heterocycles. The van der Waals surface area contributed by atoms with Crippen LogP contribution < -0.4 is 4.74 Å². The summed E-state index contributed by atoms with van der Waals surface area (Å²) in [5.74, 6) is 0.742. The first-order valence-electron chi connectivity index (χ1n) is 5.45. The number of hydrogen-bond acceptors (Lipinski definition) is 5. The molecule has 1 atom stereocenters. The molecule has 0 amide bonds. The molecule has 0 fully saturated rings. The molecule has 1 aromatic heterocycles. The molecular formula is C12H13FN2O3. The summed E-state index contributed by atoms with van der Waals surface area (Å²) in [4.78, 5) is 0. The third kappa shape index (κ3) is 2.84. The van der Waals surface area contributed by atoms with Crippen molar-refractivity contribution in [1.82, 2.24) is 10.2 Å². The zero-order valence-corrected chi connectivity index (χ0v) is 10.1. The van der Waals surface area contributed by atoms with Crippen molar-refractivity contribution in [3.05, 3.63) is 41.4 Å². The predicted octanol–water partition coefficient (Wildman–Crippen LogP) is 2.15. The average molecular weight is 252 g/mol. The van der Waals surface area contributed by atoms with Crippen molar-refractivity contribution in [2.45, 2.75) is 26.6 Å². The van der Waals surface area contributed by atoms with Crippen LogP contribution >= 0.6 is 0 Å². The summed E-state index contributed by atoms with van der Waals surface area (Å²) < 4.78 is 23.6. The maximum absolute atomic E-state index is 13.1. The number of ether oxygens (including phenoxy) is 1. The van der Waals surface area contributed by atoms with Crippen LogP contribution in [-0.4, -0.2) is 15.3 Å². The number of hydrogen-bond donors (Lipinski definition) is 1. The van der Waals surface area contributed by atoms with E-state index in [1.807, 2.05) is 0 Å². The van der Waals surface area contributed by atoms with Crippen LogP contribution in [0, 0.1) is 12.7 Å². The molecule has 96 valence electrons. The van der Waals surface area contributed by atoms with Crippen molar-refractivity contribution in [1.29, 1.82) is 0 Å². The van der Waals surface area contributed by atoms with Crippen LogP contribution in [0.5, 0.6) is 5.75 Å². The van der Waals surface area contributed by atoms with E-state index in [1.54, 1.807) is 13.8 Å². The molecule has 2 aromatic rings. The lowest BCUT2D eigenvalue weighted by Crippen LogP contribution is -2.02. The topological polar surface area (TPSA) is 68.4 Å². The molecule has 6 heteroatoms. The average Bonchev–Trinajstić information content (AvgIpc) is 2.73. The van der Waals surface area contributed by atoms with Gasteiger partial charge in [-0.15, -0.1) is 10.2 Å². The van der Waals surface area contributed by atoms with Crippen molar-refractivity contribution < 1.29 is 18.7 Å². The summed E-state index contributed by atoms with van der Waals surface area (Å²) in [5.41, 5.74) is 0.381. The number of halogens is 1. The lowest BCUT2D eigenvalue weighted by Gasteiger charge is -2.12. The van der Waals surface area contributed by atoms with Gasteiger partial charge in [0.15, 0.2) is 6.61 Å². The zero-order valence-electron chi connectivity index (χ0n) is 10.1. The van der Waals surface area contributed by atoms with Gasteiger partial charge in [0.25, 0.3) is 5.89 Å². The van der Waals surface area contributed by atoms with Crippen molar-refractivity contribution in [2.75, 3.05) is 0 Å². The molecule has 0 aliphatic heterocycles. The first-order valence-corrected chi connectivity index (χ1v) is 5.45. The molecule has 0 aliphatic carbocycles. The maximum atomic E-state index is 13.1. The Hall–Kier alpha value is -1.95. The highest BCUT2D eigenvalue weighted by molar-refractivity contribution is 5.35. The number of rotatable bonds is 4. The molecule has 18 heavy (non-hydrogen) atoms. The van der Waals surface area contributed by atoms with Crippen LogP contribution in [0.25, 0.3) is 0 Å². The van der Waals surface area contributed by atoms with Crippen LogP contribution in [-0.2, 0) is 6.61 Å². The van der Waals surface area contributed by atoms with Gasteiger partial charge >= 0.3 is 0 Å². The van der Waals surface area contributed by atoms with Crippen LogP contribution in [0.4, 0.5) is 4.39 Å². The van der Waals surface area contributed by atoms with E-state index in [4.69, 9.17) is 9.15 Å². The predicted molar refractivity (Wildman–Crippen MR) is 60.4 cm³/mol. The minimum absolute atomic E-state index is 0.0756. The van der Waals surface area contributed by atoms with Gasteiger partial charge in [0, 0.05) is 12.5 Å². The van der Waals surface area contributed by atoms with E-state index in [2.05, 4.69) is 10.2 Å². The normalized spacial score (nSPS) is 12.4. The highest BCUT2D eigenvalue weighted by atomic mass is 19.1. The molecule has 1 heterocycles. The van der Waals surface area contributed by atoms with Crippen LogP contribution in [0.1, 0.15) is 30.4 Å². The molecule has 0 radical (unpaired) electrons. The van der Waals surface area contributed by atoms with Gasteiger partial charge < -0.3 is 14.3 Å². The second kappa shape index (κ2) is 5.14. The van der Waals surface area contributed by atoms with E-state index in [9.17, 15) is 9.50 Å². The monoisotopic (exact) mass is 252 g/mol. The van der Waals surface area contributed by atoms with E-state index in [0.29, 0.717) is 23.1 Å². The van der Waals surface area contributed by atoms with Crippen molar-refractivity contribution in [3.63, 3.8) is 0 Å². The Kier molecular flexibility index (Phi) is 3.57. The van der Waals surface area contributed by atoms with Gasteiger partial charge in [-0.2, -0.15) is 0 Å². The second-order valence-electron chi connectivity index (χ2n) is 3.86. The highest BCUT2D eigenvalue weighted by Gasteiger charge is 2.12. The van der Waals surface area contributed by atoms with Gasteiger partial charge in [0.2, 0.25) is 5.89 Å². The summed E-state index contributed by atoms with van der Waals surface area (Å²) in [7, 11) is 0. The van der Waals surface area contributed by atoms with E-state index in [1.165, 1.54) is 18.2 Å². The number of benzene rings is 1. The van der Waals surface area contributed by atoms with Gasteiger partial charge in [-0.25, -0.2) is 4.39 Å². The van der Waals surface area contributed by atoms with Crippen LogP contribution in [0.2, 0.25) is 0 Å².